The van der Waals surface area contributed by atoms with Gasteiger partial charge >= 0.3 is 0 Å². The number of halogens is 1. The Morgan fingerprint density at radius 2 is 1.47 bits per heavy atom. The van der Waals surface area contributed by atoms with Gasteiger partial charge < -0.3 is 0 Å². The molecule has 0 atom stereocenters. The van der Waals surface area contributed by atoms with E-state index in [-0.39, 0.29) is 0 Å². The molecule has 0 aromatic heterocycles. The van der Waals surface area contributed by atoms with Crippen LogP contribution in [0.2, 0.25) is 0 Å². The van der Waals surface area contributed by atoms with E-state index in [1.54, 1.807) is 0 Å². The normalized spacial score (nSPS) is 14.9. The van der Waals surface area contributed by atoms with Crippen LogP contribution in [-0.2, 0) is 19.6 Å². The summed E-state index contributed by atoms with van der Waals surface area (Å²) >= 11 is 2.35. The molecule has 1 heterocycles. The quantitative estimate of drug-likeness (QED) is 0.755. The summed E-state index contributed by atoms with van der Waals surface area (Å²) in [5.41, 5.74) is 4.37. The van der Waals surface area contributed by atoms with E-state index in [4.69, 9.17) is 0 Å². The predicted molar refractivity (Wildman–Crippen MR) is 78.6 cm³/mol. The molecule has 1 nitrogen and oxygen atoms in total. The number of benzene rings is 2. The highest BCUT2D eigenvalue weighted by atomic mass is 127. The summed E-state index contributed by atoms with van der Waals surface area (Å²) in [6.07, 6.45) is 0. The maximum absolute atomic E-state index is 2.49. The average Bonchev–Trinajstić information content (AvgIpc) is 2.74. The highest BCUT2D eigenvalue weighted by Crippen LogP contribution is 2.23. The van der Waals surface area contributed by atoms with E-state index in [1.807, 2.05) is 0 Å². The molecule has 2 heteroatoms. The summed E-state index contributed by atoms with van der Waals surface area (Å²) < 4.78 is 1.30. The van der Waals surface area contributed by atoms with Crippen molar-refractivity contribution in [2.24, 2.45) is 0 Å². The Labute approximate surface area is 116 Å². The third-order valence-corrected chi connectivity index (χ3v) is 3.94. The molecular weight excluding hydrogens is 321 g/mol. The molecule has 0 aliphatic carbocycles. The second-order valence-corrected chi connectivity index (χ2v) is 5.79. The van der Waals surface area contributed by atoms with Crippen LogP contribution in [0, 0.1) is 3.57 Å². The zero-order chi connectivity index (χ0) is 11.7. The van der Waals surface area contributed by atoms with E-state index in [1.165, 1.54) is 20.3 Å². The summed E-state index contributed by atoms with van der Waals surface area (Å²) in [6, 6.07) is 17.6. The summed E-state index contributed by atoms with van der Waals surface area (Å²) in [5, 5.41) is 0. The van der Waals surface area contributed by atoms with Crippen molar-refractivity contribution >= 4 is 22.6 Å². The Balaban J connectivity index is 1.71. The van der Waals surface area contributed by atoms with Crippen molar-refractivity contribution in [1.82, 2.24) is 4.90 Å². The molecule has 0 saturated carbocycles. The van der Waals surface area contributed by atoms with Gasteiger partial charge in [0.25, 0.3) is 0 Å². The van der Waals surface area contributed by atoms with Gasteiger partial charge in [0.15, 0.2) is 0 Å². The van der Waals surface area contributed by atoms with Crippen LogP contribution in [0.4, 0.5) is 0 Å². The zero-order valence-corrected chi connectivity index (χ0v) is 11.7. The lowest BCUT2D eigenvalue weighted by Crippen LogP contribution is -2.15. The molecule has 0 spiro atoms. The topological polar surface area (TPSA) is 3.24 Å². The molecule has 0 N–H and O–H groups in total. The first kappa shape index (κ1) is 11.2. The first-order valence-electron chi connectivity index (χ1n) is 5.85. The van der Waals surface area contributed by atoms with E-state index >= 15 is 0 Å². The smallest absolute Gasteiger partial charge is 0.0244 e. The van der Waals surface area contributed by atoms with Crippen LogP contribution in [-0.4, -0.2) is 4.90 Å². The molecule has 0 fully saturated rings. The first-order valence-corrected chi connectivity index (χ1v) is 6.93. The number of hydrogen-bond acceptors (Lipinski definition) is 1. The Hall–Kier alpha value is -0.870. The lowest BCUT2D eigenvalue weighted by molar-refractivity contribution is 0.275. The fourth-order valence-corrected chi connectivity index (χ4v) is 2.72. The van der Waals surface area contributed by atoms with Crippen molar-refractivity contribution in [1.29, 1.82) is 0 Å². The van der Waals surface area contributed by atoms with Gasteiger partial charge in [-0.25, -0.2) is 0 Å². The minimum absolute atomic E-state index is 1.05. The molecule has 0 amide bonds. The van der Waals surface area contributed by atoms with E-state index in [0.29, 0.717) is 0 Å². The summed E-state index contributed by atoms with van der Waals surface area (Å²) in [7, 11) is 0. The van der Waals surface area contributed by atoms with Crippen LogP contribution in [0.3, 0.4) is 0 Å². The molecule has 0 radical (unpaired) electrons. The molecule has 0 bridgehead atoms. The monoisotopic (exact) mass is 335 g/mol. The highest BCUT2D eigenvalue weighted by molar-refractivity contribution is 14.1. The van der Waals surface area contributed by atoms with Gasteiger partial charge in [0, 0.05) is 23.2 Å². The summed E-state index contributed by atoms with van der Waals surface area (Å²) in [4.78, 5) is 2.49. The van der Waals surface area contributed by atoms with Crippen molar-refractivity contribution in [3.63, 3.8) is 0 Å². The van der Waals surface area contributed by atoms with E-state index in [0.717, 1.165) is 19.6 Å². The number of hydrogen-bond donors (Lipinski definition) is 0. The lowest BCUT2D eigenvalue weighted by Gasteiger charge is -2.14. The fourth-order valence-electron chi connectivity index (χ4n) is 2.36. The Morgan fingerprint density at radius 3 is 2.06 bits per heavy atom. The maximum atomic E-state index is 2.49. The minimum atomic E-state index is 1.05. The SMILES string of the molecule is Ic1ccc(CN2Cc3ccccc3C2)cc1. The van der Waals surface area contributed by atoms with E-state index in [9.17, 15) is 0 Å². The number of rotatable bonds is 2. The van der Waals surface area contributed by atoms with Crippen molar-refractivity contribution in [3.05, 3.63) is 68.8 Å². The molecule has 1 aliphatic rings. The summed E-state index contributed by atoms with van der Waals surface area (Å²) in [6.45, 7) is 3.22. The van der Waals surface area contributed by atoms with Crippen molar-refractivity contribution in [2.75, 3.05) is 0 Å². The van der Waals surface area contributed by atoms with E-state index in [2.05, 4.69) is 76.0 Å². The molecular formula is C15H14IN. The Bertz CT molecular complexity index is 494. The molecule has 0 saturated heterocycles. The van der Waals surface area contributed by atoms with Gasteiger partial charge in [-0.15, -0.1) is 0 Å². The third kappa shape index (κ3) is 2.53. The predicted octanol–water partition coefficient (Wildman–Crippen LogP) is 3.81. The number of fused-ring (bicyclic) bond motifs is 1. The first-order chi connectivity index (χ1) is 8.31. The minimum Gasteiger partial charge on any atom is -0.291 e. The van der Waals surface area contributed by atoms with Gasteiger partial charge in [-0.1, -0.05) is 36.4 Å². The van der Waals surface area contributed by atoms with Crippen LogP contribution in [0.5, 0.6) is 0 Å². The van der Waals surface area contributed by atoms with E-state index < -0.39 is 0 Å². The highest BCUT2D eigenvalue weighted by Gasteiger charge is 2.17. The average molecular weight is 335 g/mol. The standard InChI is InChI=1S/C15H14IN/c16-15-7-5-12(6-8-15)9-17-10-13-3-1-2-4-14(13)11-17/h1-8H,9-11H2. The van der Waals surface area contributed by atoms with Crippen LogP contribution < -0.4 is 0 Å². The number of nitrogens with zero attached hydrogens (tertiary/aromatic N) is 1. The molecule has 1 aliphatic heterocycles. The fraction of sp³-hybridized carbons (Fsp3) is 0.200. The Kier molecular flexibility index (Phi) is 3.16. The second-order valence-electron chi connectivity index (χ2n) is 4.54. The molecule has 86 valence electrons. The van der Waals surface area contributed by atoms with Crippen molar-refractivity contribution in [3.8, 4) is 0 Å². The van der Waals surface area contributed by atoms with Gasteiger partial charge in [-0.2, -0.15) is 0 Å². The van der Waals surface area contributed by atoms with Crippen LogP contribution >= 0.6 is 22.6 Å². The molecule has 3 rings (SSSR count). The van der Waals surface area contributed by atoms with Crippen molar-refractivity contribution < 1.29 is 0 Å². The van der Waals surface area contributed by atoms with Crippen molar-refractivity contribution in [2.45, 2.75) is 19.6 Å². The largest absolute Gasteiger partial charge is 0.291 e. The van der Waals surface area contributed by atoms with Crippen LogP contribution in [0.15, 0.2) is 48.5 Å². The lowest BCUT2D eigenvalue weighted by atomic mass is 10.1. The Morgan fingerprint density at radius 1 is 0.882 bits per heavy atom. The van der Waals surface area contributed by atoms with Crippen LogP contribution in [0.25, 0.3) is 0 Å². The van der Waals surface area contributed by atoms with Gasteiger partial charge in [0.1, 0.15) is 0 Å². The van der Waals surface area contributed by atoms with Crippen LogP contribution in [0.1, 0.15) is 16.7 Å². The van der Waals surface area contributed by atoms with Gasteiger partial charge in [0.2, 0.25) is 0 Å². The maximum Gasteiger partial charge on any atom is 0.0244 e. The molecule has 2 aromatic rings. The third-order valence-electron chi connectivity index (χ3n) is 3.23. The van der Waals surface area contributed by atoms with Gasteiger partial charge in [0.05, 0.1) is 0 Å². The second kappa shape index (κ2) is 4.78. The molecule has 17 heavy (non-hydrogen) atoms. The molecule has 0 unspecified atom stereocenters. The summed E-state index contributed by atoms with van der Waals surface area (Å²) in [5.74, 6) is 0. The van der Waals surface area contributed by atoms with Gasteiger partial charge in [-0.3, -0.25) is 4.90 Å². The van der Waals surface area contributed by atoms with Gasteiger partial charge in [-0.05, 0) is 51.4 Å². The zero-order valence-electron chi connectivity index (χ0n) is 9.57. The molecule has 2 aromatic carbocycles.